The molecule has 170 valence electrons. The third-order valence-corrected chi connectivity index (χ3v) is 6.58. The Hall–Kier alpha value is -2.41. The van der Waals surface area contributed by atoms with Crippen LogP contribution in [0.4, 0.5) is 0 Å². The third kappa shape index (κ3) is 5.26. The number of rotatable bonds is 7. The number of nitrogens with zero attached hydrogens (tertiary/aromatic N) is 1. The summed E-state index contributed by atoms with van der Waals surface area (Å²) in [6.07, 6.45) is 4.43. The molecule has 3 amide bonds. The molecule has 0 saturated carbocycles. The number of carbonyl (C=O) groups is 3. The molecule has 1 heterocycles. The molecule has 31 heavy (non-hydrogen) atoms. The van der Waals surface area contributed by atoms with Gasteiger partial charge in [0.1, 0.15) is 12.1 Å². The van der Waals surface area contributed by atoms with Crippen LogP contribution in [-0.2, 0) is 20.8 Å². The van der Waals surface area contributed by atoms with Crippen molar-refractivity contribution in [3.8, 4) is 0 Å². The minimum absolute atomic E-state index is 0.00733. The van der Waals surface area contributed by atoms with Gasteiger partial charge in [0.25, 0.3) is 0 Å². The lowest BCUT2D eigenvalue weighted by molar-refractivity contribution is -0.142. The Morgan fingerprint density at radius 3 is 2.52 bits per heavy atom. The van der Waals surface area contributed by atoms with Gasteiger partial charge in [-0.15, -0.1) is 0 Å². The van der Waals surface area contributed by atoms with Gasteiger partial charge in [0.15, 0.2) is 0 Å². The summed E-state index contributed by atoms with van der Waals surface area (Å²) in [5, 5.41) is 8.98. The fourth-order valence-corrected chi connectivity index (χ4v) is 4.58. The first kappa shape index (κ1) is 23.3. The quantitative estimate of drug-likeness (QED) is 0.619. The van der Waals surface area contributed by atoms with Crippen LogP contribution in [0, 0.1) is 5.92 Å². The molecule has 1 aromatic carbocycles. The van der Waals surface area contributed by atoms with Crippen molar-refractivity contribution in [1.82, 2.24) is 20.9 Å². The van der Waals surface area contributed by atoms with Crippen molar-refractivity contribution in [1.29, 1.82) is 0 Å². The number of benzene rings is 1. The number of likely N-dealkylation sites (tertiary alicyclic amines) is 1. The smallest absolute Gasteiger partial charge is 0.246 e. The normalized spacial score (nSPS) is 22.5. The summed E-state index contributed by atoms with van der Waals surface area (Å²) in [6.45, 7) is 6.12. The van der Waals surface area contributed by atoms with Gasteiger partial charge in [-0.25, -0.2) is 0 Å². The molecule has 0 aromatic heterocycles. The second-order valence-electron chi connectivity index (χ2n) is 9.08. The molecule has 0 radical (unpaired) electrons. The minimum Gasteiger partial charge on any atom is -0.347 e. The van der Waals surface area contributed by atoms with Crippen LogP contribution in [0.2, 0.25) is 0 Å². The predicted molar refractivity (Wildman–Crippen MR) is 120 cm³/mol. The highest BCUT2D eigenvalue weighted by Crippen LogP contribution is 2.30. The Morgan fingerprint density at radius 2 is 1.81 bits per heavy atom. The van der Waals surface area contributed by atoms with Crippen molar-refractivity contribution in [3.63, 3.8) is 0 Å². The van der Waals surface area contributed by atoms with Crippen molar-refractivity contribution < 1.29 is 14.4 Å². The van der Waals surface area contributed by atoms with Crippen LogP contribution in [-0.4, -0.2) is 54.3 Å². The lowest BCUT2D eigenvalue weighted by Gasteiger charge is -2.33. The van der Waals surface area contributed by atoms with E-state index in [2.05, 4.69) is 28.1 Å². The van der Waals surface area contributed by atoms with Gasteiger partial charge in [-0.05, 0) is 63.1 Å². The average Bonchev–Trinajstić information content (AvgIpc) is 3.26. The molecular weight excluding hydrogens is 392 g/mol. The molecule has 2 aliphatic rings. The SMILES string of the molecule is CN[C@@H](C)C(=O)N[C@H](C(=O)N1CCC[C@H]1C(=O)N[C@H]1CCCc2ccccc21)C(C)C. The lowest BCUT2D eigenvalue weighted by Crippen LogP contribution is -2.57. The zero-order chi connectivity index (χ0) is 22.5. The summed E-state index contributed by atoms with van der Waals surface area (Å²) in [6, 6.07) is 6.73. The number of aryl methyl sites for hydroxylation is 1. The molecule has 3 rings (SSSR count). The molecule has 1 aromatic rings. The van der Waals surface area contributed by atoms with E-state index in [0.717, 1.165) is 25.7 Å². The highest BCUT2D eigenvalue weighted by atomic mass is 16.2. The Bertz CT molecular complexity index is 810. The first-order valence-electron chi connectivity index (χ1n) is 11.5. The number of carbonyl (C=O) groups excluding carboxylic acids is 3. The van der Waals surface area contributed by atoms with E-state index in [4.69, 9.17) is 0 Å². The van der Waals surface area contributed by atoms with E-state index >= 15 is 0 Å². The van der Waals surface area contributed by atoms with E-state index < -0.39 is 18.1 Å². The van der Waals surface area contributed by atoms with Crippen molar-refractivity contribution in [2.24, 2.45) is 5.92 Å². The summed E-state index contributed by atoms with van der Waals surface area (Å²) in [4.78, 5) is 40.6. The maximum atomic E-state index is 13.3. The topological polar surface area (TPSA) is 90.5 Å². The maximum Gasteiger partial charge on any atom is 0.246 e. The highest BCUT2D eigenvalue weighted by Gasteiger charge is 2.39. The molecule has 1 aliphatic heterocycles. The van der Waals surface area contributed by atoms with Crippen molar-refractivity contribution in [3.05, 3.63) is 35.4 Å². The minimum atomic E-state index is -0.646. The van der Waals surface area contributed by atoms with Gasteiger partial charge >= 0.3 is 0 Å². The fourth-order valence-electron chi connectivity index (χ4n) is 4.58. The molecular formula is C24H36N4O3. The van der Waals surface area contributed by atoms with Crippen LogP contribution in [0.1, 0.15) is 63.6 Å². The van der Waals surface area contributed by atoms with Crippen LogP contribution in [0.15, 0.2) is 24.3 Å². The van der Waals surface area contributed by atoms with E-state index in [1.54, 1.807) is 18.9 Å². The summed E-state index contributed by atoms with van der Waals surface area (Å²) in [5.41, 5.74) is 2.48. The van der Waals surface area contributed by atoms with Gasteiger partial charge in [-0.2, -0.15) is 0 Å². The van der Waals surface area contributed by atoms with Gasteiger partial charge in [-0.3, -0.25) is 14.4 Å². The van der Waals surface area contributed by atoms with Gasteiger partial charge in [0.2, 0.25) is 17.7 Å². The summed E-state index contributed by atoms with van der Waals surface area (Å²) in [5.74, 6) is -0.554. The number of fused-ring (bicyclic) bond motifs is 1. The molecule has 0 spiro atoms. The summed E-state index contributed by atoms with van der Waals surface area (Å²) >= 11 is 0. The van der Waals surface area contributed by atoms with E-state index in [9.17, 15) is 14.4 Å². The molecule has 7 heteroatoms. The molecule has 3 N–H and O–H groups in total. The maximum absolute atomic E-state index is 13.3. The van der Waals surface area contributed by atoms with Gasteiger partial charge in [0.05, 0.1) is 12.1 Å². The summed E-state index contributed by atoms with van der Waals surface area (Å²) < 4.78 is 0. The van der Waals surface area contributed by atoms with Crippen LogP contribution in [0.5, 0.6) is 0 Å². The third-order valence-electron chi connectivity index (χ3n) is 6.58. The second-order valence-corrected chi connectivity index (χ2v) is 9.08. The Kier molecular flexibility index (Phi) is 7.70. The number of hydrogen-bond donors (Lipinski definition) is 3. The molecule has 0 bridgehead atoms. The molecule has 1 aliphatic carbocycles. The zero-order valence-corrected chi connectivity index (χ0v) is 19.1. The van der Waals surface area contributed by atoms with E-state index in [1.807, 2.05) is 26.0 Å². The number of likely N-dealkylation sites (N-methyl/N-ethyl adjacent to an activating group) is 1. The molecule has 7 nitrogen and oxygen atoms in total. The second kappa shape index (κ2) is 10.3. The van der Waals surface area contributed by atoms with Crippen molar-refractivity contribution in [2.75, 3.05) is 13.6 Å². The Balaban J connectivity index is 1.70. The van der Waals surface area contributed by atoms with E-state index in [1.165, 1.54) is 11.1 Å². The number of hydrogen-bond acceptors (Lipinski definition) is 4. The monoisotopic (exact) mass is 428 g/mol. The van der Waals surface area contributed by atoms with Crippen LogP contribution in [0.3, 0.4) is 0 Å². The highest BCUT2D eigenvalue weighted by molar-refractivity contribution is 5.93. The zero-order valence-electron chi connectivity index (χ0n) is 19.1. The molecule has 1 saturated heterocycles. The first-order valence-corrected chi connectivity index (χ1v) is 11.5. The van der Waals surface area contributed by atoms with Crippen LogP contribution >= 0.6 is 0 Å². The largest absolute Gasteiger partial charge is 0.347 e. The predicted octanol–water partition coefficient (Wildman–Crippen LogP) is 1.92. The fraction of sp³-hybridized carbons (Fsp3) is 0.625. The van der Waals surface area contributed by atoms with Gasteiger partial charge in [0, 0.05) is 6.54 Å². The summed E-state index contributed by atoms with van der Waals surface area (Å²) in [7, 11) is 1.71. The van der Waals surface area contributed by atoms with Crippen molar-refractivity contribution in [2.45, 2.75) is 77.0 Å². The molecule has 4 atom stereocenters. The molecule has 0 unspecified atom stereocenters. The lowest BCUT2D eigenvalue weighted by atomic mass is 9.87. The first-order chi connectivity index (χ1) is 14.8. The van der Waals surface area contributed by atoms with Gasteiger partial charge < -0.3 is 20.9 Å². The Labute approximate surface area is 185 Å². The van der Waals surface area contributed by atoms with Crippen molar-refractivity contribution >= 4 is 17.7 Å². The molecule has 1 fully saturated rings. The average molecular weight is 429 g/mol. The van der Waals surface area contributed by atoms with E-state index in [0.29, 0.717) is 13.0 Å². The van der Waals surface area contributed by atoms with Gasteiger partial charge in [-0.1, -0.05) is 38.1 Å². The standard InChI is InChI=1S/C24H36N4O3/c1-15(2)21(27-22(29)16(3)25-4)24(31)28-14-8-13-20(28)23(30)26-19-12-7-10-17-9-5-6-11-18(17)19/h5-6,9,11,15-16,19-21,25H,7-8,10,12-14H2,1-4H3,(H,26,30)(H,27,29)/t16-,19-,20-,21-/m0/s1. The van der Waals surface area contributed by atoms with Crippen LogP contribution in [0.25, 0.3) is 0 Å². The number of nitrogens with one attached hydrogen (secondary N) is 3. The van der Waals surface area contributed by atoms with E-state index in [-0.39, 0.29) is 29.7 Å². The number of amides is 3. The Morgan fingerprint density at radius 1 is 1.06 bits per heavy atom. The van der Waals surface area contributed by atoms with Crippen LogP contribution < -0.4 is 16.0 Å².